The smallest absolute Gasteiger partial charge is 0.309 e. The highest BCUT2D eigenvalue weighted by Gasteiger charge is 2.26. The molecule has 1 saturated heterocycles. The Morgan fingerprint density at radius 2 is 1.96 bits per heavy atom. The SMILES string of the molecule is CCOC(=O)C1CCN(CC(=O)NCc2cccc(OCC)c2)CC1. The summed E-state index contributed by atoms with van der Waals surface area (Å²) >= 11 is 0. The number of hydrogen-bond acceptors (Lipinski definition) is 5. The van der Waals surface area contributed by atoms with E-state index in [1.165, 1.54) is 0 Å². The van der Waals surface area contributed by atoms with Gasteiger partial charge in [0.2, 0.25) is 5.91 Å². The largest absolute Gasteiger partial charge is 0.494 e. The number of esters is 1. The molecule has 6 nitrogen and oxygen atoms in total. The third-order valence-electron chi connectivity index (χ3n) is 4.27. The van der Waals surface area contributed by atoms with E-state index < -0.39 is 0 Å². The first-order chi connectivity index (χ1) is 12.1. The minimum absolute atomic E-state index is 0.00334. The molecule has 1 heterocycles. The highest BCUT2D eigenvalue weighted by atomic mass is 16.5. The maximum Gasteiger partial charge on any atom is 0.309 e. The maximum absolute atomic E-state index is 12.1. The number of likely N-dealkylation sites (tertiary alicyclic amines) is 1. The predicted molar refractivity (Wildman–Crippen MR) is 95.3 cm³/mol. The number of amides is 1. The Balaban J connectivity index is 1.71. The lowest BCUT2D eigenvalue weighted by Crippen LogP contribution is -2.42. The van der Waals surface area contributed by atoms with Crippen LogP contribution in [0, 0.1) is 5.92 Å². The summed E-state index contributed by atoms with van der Waals surface area (Å²) in [4.78, 5) is 26.0. The molecule has 1 N–H and O–H groups in total. The average Bonchev–Trinajstić information content (AvgIpc) is 2.61. The molecule has 1 aromatic rings. The van der Waals surface area contributed by atoms with E-state index in [2.05, 4.69) is 10.2 Å². The van der Waals surface area contributed by atoms with Crippen LogP contribution >= 0.6 is 0 Å². The Labute approximate surface area is 149 Å². The molecule has 0 aromatic heterocycles. The maximum atomic E-state index is 12.1. The number of benzene rings is 1. The summed E-state index contributed by atoms with van der Waals surface area (Å²) in [6.07, 6.45) is 1.50. The molecule has 0 bridgehead atoms. The predicted octanol–water partition coefficient (Wildman–Crippen LogP) is 1.98. The van der Waals surface area contributed by atoms with Crippen LogP contribution < -0.4 is 10.1 Å². The number of carbonyl (C=O) groups excluding carboxylic acids is 2. The average molecular weight is 348 g/mol. The van der Waals surface area contributed by atoms with Crippen molar-refractivity contribution in [2.75, 3.05) is 32.8 Å². The van der Waals surface area contributed by atoms with E-state index in [4.69, 9.17) is 9.47 Å². The van der Waals surface area contributed by atoms with Gasteiger partial charge in [0.05, 0.1) is 25.7 Å². The molecule has 0 atom stereocenters. The molecule has 138 valence electrons. The minimum atomic E-state index is -0.110. The van der Waals surface area contributed by atoms with Crippen LogP contribution in [0.1, 0.15) is 32.3 Å². The minimum Gasteiger partial charge on any atom is -0.494 e. The molecule has 1 fully saturated rings. The second kappa shape index (κ2) is 10.0. The van der Waals surface area contributed by atoms with Crippen LogP contribution in [0.2, 0.25) is 0 Å². The molecule has 1 aliphatic rings. The van der Waals surface area contributed by atoms with Crippen molar-refractivity contribution >= 4 is 11.9 Å². The second-order valence-electron chi connectivity index (χ2n) is 6.16. The van der Waals surface area contributed by atoms with Gasteiger partial charge in [0.1, 0.15) is 5.75 Å². The van der Waals surface area contributed by atoms with Gasteiger partial charge in [0, 0.05) is 6.54 Å². The number of ether oxygens (including phenoxy) is 2. The zero-order valence-electron chi connectivity index (χ0n) is 15.1. The highest BCUT2D eigenvalue weighted by Crippen LogP contribution is 2.18. The zero-order chi connectivity index (χ0) is 18.1. The van der Waals surface area contributed by atoms with Crippen LogP contribution in [-0.4, -0.2) is 49.6 Å². The molecular formula is C19H28N2O4. The van der Waals surface area contributed by atoms with E-state index in [0.29, 0.717) is 26.3 Å². The van der Waals surface area contributed by atoms with E-state index in [-0.39, 0.29) is 17.8 Å². The summed E-state index contributed by atoms with van der Waals surface area (Å²) in [5.74, 6) is 0.674. The molecule has 0 saturated carbocycles. The topological polar surface area (TPSA) is 67.9 Å². The van der Waals surface area contributed by atoms with Crippen molar-refractivity contribution in [3.05, 3.63) is 29.8 Å². The first-order valence-corrected chi connectivity index (χ1v) is 8.99. The fourth-order valence-corrected chi connectivity index (χ4v) is 2.96. The van der Waals surface area contributed by atoms with Gasteiger partial charge in [-0.1, -0.05) is 12.1 Å². The van der Waals surface area contributed by atoms with Crippen LogP contribution in [0.25, 0.3) is 0 Å². The van der Waals surface area contributed by atoms with Crippen LogP contribution in [-0.2, 0) is 20.9 Å². The standard InChI is InChI=1S/C19H28N2O4/c1-3-24-17-7-5-6-15(12-17)13-20-18(22)14-21-10-8-16(9-11-21)19(23)25-4-2/h5-7,12,16H,3-4,8-11,13-14H2,1-2H3,(H,20,22). The monoisotopic (exact) mass is 348 g/mol. The molecule has 0 radical (unpaired) electrons. The van der Waals surface area contributed by atoms with E-state index in [0.717, 1.165) is 37.2 Å². The summed E-state index contributed by atoms with van der Waals surface area (Å²) < 4.78 is 10.5. The normalized spacial score (nSPS) is 15.6. The van der Waals surface area contributed by atoms with Gasteiger partial charge >= 0.3 is 5.97 Å². The summed E-state index contributed by atoms with van der Waals surface area (Å²) in [7, 11) is 0. The molecule has 0 aliphatic carbocycles. The molecule has 25 heavy (non-hydrogen) atoms. The van der Waals surface area contributed by atoms with Crippen molar-refractivity contribution in [3.63, 3.8) is 0 Å². The lowest BCUT2D eigenvalue weighted by Gasteiger charge is -2.30. The highest BCUT2D eigenvalue weighted by molar-refractivity contribution is 5.78. The van der Waals surface area contributed by atoms with Gasteiger partial charge in [-0.3, -0.25) is 14.5 Å². The van der Waals surface area contributed by atoms with Gasteiger partial charge in [-0.05, 0) is 57.5 Å². The van der Waals surface area contributed by atoms with Crippen molar-refractivity contribution in [1.82, 2.24) is 10.2 Å². The van der Waals surface area contributed by atoms with Crippen LogP contribution in [0.3, 0.4) is 0 Å². The molecule has 0 unspecified atom stereocenters. The number of nitrogens with zero attached hydrogens (tertiary/aromatic N) is 1. The Bertz CT molecular complexity index is 568. The molecular weight excluding hydrogens is 320 g/mol. The number of piperidine rings is 1. The van der Waals surface area contributed by atoms with Crippen molar-refractivity contribution in [2.24, 2.45) is 5.92 Å². The summed E-state index contributed by atoms with van der Waals surface area (Å²) in [6.45, 7) is 7.15. The first kappa shape index (κ1) is 19.2. The summed E-state index contributed by atoms with van der Waals surface area (Å²) in [6, 6.07) is 7.73. The van der Waals surface area contributed by atoms with Crippen LogP contribution in [0.4, 0.5) is 0 Å². The first-order valence-electron chi connectivity index (χ1n) is 8.99. The Kier molecular flexibility index (Phi) is 7.73. The Hall–Kier alpha value is -2.08. The second-order valence-corrected chi connectivity index (χ2v) is 6.16. The van der Waals surface area contributed by atoms with Crippen molar-refractivity contribution in [1.29, 1.82) is 0 Å². The van der Waals surface area contributed by atoms with E-state index in [1.807, 2.05) is 38.1 Å². The van der Waals surface area contributed by atoms with Gasteiger partial charge in [-0.2, -0.15) is 0 Å². The van der Waals surface area contributed by atoms with E-state index in [9.17, 15) is 9.59 Å². The number of nitrogens with one attached hydrogen (secondary N) is 1. The van der Waals surface area contributed by atoms with Crippen molar-refractivity contribution in [2.45, 2.75) is 33.2 Å². The van der Waals surface area contributed by atoms with Crippen molar-refractivity contribution in [3.8, 4) is 5.75 Å². The van der Waals surface area contributed by atoms with Crippen LogP contribution in [0.5, 0.6) is 5.75 Å². The number of rotatable bonds is 8. The van der Waals surface area contributed by atoms with E-state index in [1.54, 1.807) is 0 Å². The third-order valence-corrected chi connectivity index (χ3v) is 4.27. The van der Waals surface area contributed by atoms with Crippen LogP contribution in [0.15, 0.2) is 24.3 Å². The quantitative estimate of drug-likeness (QED) is 0.728. The molecule has 6 heteroatoms. The Morgan fingerprint density at radius 3 is 2.64 bits per heavy atom. The summed E-state index contributed by atoms with van der Waals surface area (Å²) in [5.41, 5.74) is 1.01. The van der Waals surface area contributed by atoms with Gasteiger partial charge in [-0.25, -0.2) is 0 Å². The molecule has 1 aromatic carbocycles. The fourth-order valence-electron chi connectivity index (χ4n) is 2.96. The lowest BCUT2D eigenvalue weighted by atomic mass is 9.97. The number of carbonyl (C=O) groups is 2. The van der Waals surface area contributed by atoms with Gasteiger partial charge in [0.15, 0.2) is 0 Å². The molecule has 2 rings (SSSR count). The molecule has 0 spiro atoms. The van der Waals surface area contributed by atoms with Gasteiger partial charge < -0.3 is 14.8 Å². The molecule has 1 amide bonds. The van der Waals surface area contributed by atoms with Gasteiger partial charge in [-0.15, -0.1) is 0 Å². The lowest BCUT2D eigenvalue weighted by molar-refractivity contribution is -0.149. The number of hydrogen-bond donors (Lipinski definition) is 1. The third kappa shape index (κ3) is 6.38. The zero-order valence-corrected chi connectivity index (χ0v) is 15.1. The Morgan fingerprint density at radius 1 is 1.20 bits per heavy atom. The summed E-state index contributed by atoms with van der Waals surface area (Å²) in [5, 5.41) is 2.94. The fraction of sp³-hybridized carbons (Fsp3) is 0.579. The molecule has 1 aliphatic heterocycles. The van der Waals surface area contributed by atoms with Gasteiger partial charge in [0.25, 0.3) is 0 Å². The van der Waals surface area contributed by atoms with Crippen molar-refractivity contribution < 1.29 is 19.1 Å². The van der Waals surface area contributed by atoms with E-state index >= 15 is 0 Å².